The molecule has 4 heteroatoms. The summed E-state index contributed by atoms with van der Waals surface area (Å²) in [5, 5.41) is 9.00. The fourth-order valence-corrected chi connectivity index (χ4v) is 2.15. The predicted octanol–water partition coefficient (Wildman–Crippen LogP) is 2.02. The summed E-state index contributed by atoms with van der Waals surface area (Å²) in [7, 11) is 0. The summed E-state index contributed by atoms with van der Waals surface area (Å²) < 4.78 is 4.85. The molecule has 0 saturated heterocycles. The van der Waals surface area contributed by atoms with Crippen LogP contribution < -0.4 is 0 Å². The van der Waals surface area contributed by atoms with E-state index in [9.17, 15) is 4.79 Å². The van der Waals surface area contributed by atoms with E-state index in [1.807, 2.05) is 23.1 Å². The van der Waals surface area contributed by atoms with Gasteiger partial charge < -0.3 is 9.64 Å². The van der Waals surface area contributed by atoms with Crippen molar-refractivity contribution in [2.24, 2.45) is 0 Å². The monoisotopic (exact) mass is 256 g/mol. The Morgan fingerprint density at radius 3 is 2.89 bits per heavy atom. The van der Waals surface area contributed by atoms with E-state index in [-0.39, 0.29) is 12.2 Å². The van der Waals surface area contributed by atoms with Gasteiger partial charge in [-0.25, -0.2) is 4.79 Å². The lowest BCUT2D eigenvalue weighted by Crippen LogP contribution is -2.27. The molecule has 0 spiro atoms. The molecular formula is C15H16N2O2. The average molecular weight is 256 g/mol. The van der Waals surface area contributed by atoms with Crippen LogP contribution in [0.25, 0.3) is 0 Å². The molecule has 0 aromatic heterocycles. The first-order valence-electron chi connectivity index (χ1n) is 6.34. The molecule has 19 heavy (non-hydrogen) atoms. The van der Waals surface area contributed by atoms with E-state index in [1.165, 1.54) is 11.1 Å². The molecule has 2 rings (SSSR count). The van der Waals surface area contributed by atoms with Crippen LogP contribution in [0.4, 0.5) is 0 Å². The molecule has 0 bridgehead atoms. The Morgan fingerprint density at radius 2 is 2.21 bits per heavy atom. The van der Waals surface area contributed by atoms with Gasteiger partial charge in [-0.3, -0.25) is 0 Å². The SMILES string of the molecule is CCOC(=O)C(C#N)=CN1CCc2ccccc2C1. The maximum absolute atomic E-state index is 11.6. The van der Waals surface area contributed by atoms with Gasteiger partial charge in [-0.05, 0) is 24.5 Å². The number of benzene rings is 1. The van der Waals surface area contributed by atoms with Crippen LogP contribution >= 0.6 is 0 Å². The van der Waals surface area contributed by atoms with E-state index in [1.54, 1.807) is 13.1 Å². The molecule has 1 aliphatic rings. The van der Waals surface area contributed by atoms with Gasteiger partial charge >= 0.3 is 5.97 Å². The Balaban J connectivity index is 2.12. The van der Waals surface area contributed by atoms with Crippen LogP contribution in [0.1, 0.15) is 18.1 Å². The number of nitriles is 1. The molecule has 0 atom stereocenters. The van der Waals surface area contributed by atoms with Gasteiger partial charge in [0.25, 0.3) is 0 Å². The zero-order chi connectivity index (χ0) is 13.7. The lowest BCUT2D eigenvalue weighted by atomic mass is 10.0. The van der Waals surface area contributed by atoms with Crippen LogP contribution in [0.15, 0.2) is 36.0 Å². The topological polar surface area (TPSA) is 53.3 Å². The summed E-state index contributed by atoms with van der Waals surface area (Å²) in [5.74, 6) is -0.552. The molecule has 0 saturated carbocycles. The normalized spacial score (nSPS) is 14.5. The molecule has 4 nitrogen and oxygen atoms in total. The van der Waals surface area contributed by atoms with E-state index < -0.39 is 5.97 Å². The lowest BCUT2D eigenvalue weighted by molar-refractivity contribution is -0.138. The van der Waals surface area contributed by atoms with Gasteiger partial charge in [0.2, 0.25) is 0 Å². The second-order valence-electron chi connectivity index (χ2n) is 4.36. The number of esters is 1. The maximum Gasteiger partial charge on any atom is 0.350 e. The number of carbonyl (C=O) groups is 1. The van der Waals surface area contributed by atoms with Gasteiger partial charge in [0, 0.05) is 19.3 Å². The summed E-state index contributed by atoms with van der Waals surface area (Å²) in [6, 6.07) is 10.1. The van der Waals surface area contributed by atoms with Crippen LogP contribution in [0.3, 0.4) is 0 Å². The molecule has 0 radical (unpaired) electrons. The largest absolute Gasteiger partial charge is 0.462 e. The van der Waals surface area contributed by atoms with Crippen molar-refractivity contribution in [2.75, 3.05) is 13.2 Å². The van der Waals surface area contributed by atoms with Crippen LogP contribution in [0, 0.1) is 11.3 Å². The van der Waals surface area contributed by atoms with Crippen molar-refractivity contribution in [2.45, 2.75) is 19.9 Å². The van der Waals surface area contributed by atoms with Crippen molar-refractivity contribution in [3.63, 3.8) is 0 Å². The van der Waals surface area contributed by atoms with Crippen molar-refractivity contribution >= 4 is 5.97 Å². The lowest BCUT2D eigenvalue weighted by Gasteiger charge is -2.27. The first-order chi connectivity index (χ1) is 9.24. The number of ether oxygens (including phenoxy) is 1. The number of rotatable bonds is 3. The highest BCUT2D eigenvalue weighted by Gasteiger charge is 2.16. The molecule has 0 unspecified atom stereocenters. The molecule has 1 aliphatic heterocycles. The predicted molar refractivity (Wildman–Crippen MR) is 70.9 cm³/mol. The van der Waals surface area contributed by atoms with Gasteiger partial charge in [0.1, 0.15) is 6.07 Å². The third-order valence-electron chi connectivity index (χ3n) is 3.09. The third-order valence-corrected chi connectivity index (χ3v) is 3.09. The molecule has 1 heterocycles. The highest BCUT2D eigenvalue weighted by Crippen LogP contribution is 2.19. The number of hydrogen-bond donors (Lipinski definition) is 0. The van der Waals surface area contributed by atoms with Gasteiger partial charge in [-0.1, -0.05) is 24.3 Å². The molecule has 0 fully saturated rings. The minimum absolute atomic E-state index is 0.0567. The van der Waals surface area contributed by atoms with Gasteiger partial charge in [-0.15, -0.1) is 0 Å². The molecule has 98 valence electrons. The molecule has 0 amide bonds. The van der Waals surface area contributed by atoms with Crippen molar-refractivity contribution in [3.05, 3.63) is 47.2 Å². The molecule has 0 N–H and O–H groups in total. The number of carbonyl (C=O) groups excluding carboxylic acids is 1. The first-order valence-corrected chi connectivity index (χ1v) is 6.34. The minimum Gasteiger partial charge on any atom is -0.462 e. The number of fused-ring (bicyclic) bond motifs is 1. The number of nitrogens with zero attached hydrogens (tertiary/aromatic N) is 2. The second-order valence-corrected chi connectivity index (χ2v) is 4.36. The Morgan fingerprint density at radius 1 is 1.47 bits per heavy atom. The zero-order valence-corrected chi connectivity index (χ0v) is 10.9. The van der Waals surface area contributed by atoms with E-state index in [4.69, 9.17) is 10.00 Å². The second kappa shape index (κ2) is 6.05. The Hall–Kier alpha value is -2.28. The quantitative estimate of drug-likeness (QED) is 0.471. The molecule has 1 aromatic carbocycles. The maximum atomic E-state index is 11.6. The molecule has 1 aromatic rings. The van der Waals surface area contributed by atoms with Crippen LogP contribution in [-0.2, 0) is 22.5 Å². The van der Waals surface area contributed by atoms with E-state index >= 15 is 0 Å². The third kappa shape index (κ3) is 3.14. The summed E-state index contributed by atoms with van der Waals surface area (Å²) in [6.07, 6.45) is 2.53. The Kier molecular flexibility index (Phi) is 4.19. The van der Waals surface area contributed by atoms with Crippen molar-refractivity contribution in [3.8, 4) is 6.07 Å². The number of hydrogen-bond acceptors (Lipinski definition) is 4. The summed E-state index contributed by atoms with van der Waals surface area (Å²) >= 11 is 0. The molecular weight excluding hydrogens is 240 g/mol. The smallest absolute Gasteiger partial charge is 0.350 e. The van der Waals surface area contributed by atoms with Crippen molar-refractivity contribution in [1.82, 2.24) is 4.90 Å². The average Bonchev–Trinajstić information content (AvgIpc) is 2.44. The summed E-state index contributed by atoms with van der Waals surface area (Å²) in [4.78, 5) is 13.5. The summed E-state index contributed by atoms with van der Waals surface area (Å²) in [5.41, 5.74) is 2.63. The summed E-state index contributed by atoms with van der Waals surface area (Å²) in [6.45, 7) is 3.53. The van der Waals surface area contributed by atoms with Gasteiger partial charge in [0.15, 0.2) is 5.57 Å². The first kappa shape index (κ1) is 13.2. The van der Waals surface area contributed by atoms with E-state index in [0.29, 0.717) is 0 Å². The van der Waals surface area contributed by atoms with Gasteiger partial charge in [0.05, 0.1) is 6.61 Å². The zero-order valence-electron chi connectivity index (χ0n) is 10.9. The van der Waals surface area contributed by atoms with Crippen LogP contribution in [0.5, 0.6) is 0 Å². The van der Waals surface area contributed by atoms with Crippen molar-refractivity contribution in [1.29, 1.82) is 5.26 Å². The van der Waals surface area contributed by atoms with Crippen molar-refractivity contribution < 1.29 is 9.53 Å². The standard InChI is InChI=1S/C15H16N2O2/c1-2-19-15(18)14(9-16)11-17-8-7-12-5-3-4-6-13(12)10-17/h3-6,11H,2,7-8,10H2,1H3. The Bertz CT molecular complexity index is 543. The van der Waals surface area contributed by atoms with E-state index in [0.717, 1.165) is 19.5 Å². The highest BCUT2D eigenvalue weighted by atomic mass is 16.5. The van der Waals surface area contributed by atoms with E-state index in [2.05, 4.69) is 12.1 Å². The fourth-order valence-electron chi connectivity index (χ4n) is 2.15. The molecule has 0 aliphatic carbocycles. The fraction of sp³-hybridized carbons (Fsp3) is 0.333. The van der Waals surface area contributed by atoms with Crippen LogP contribution in [0.2, 0.25) is 0 Å². The highest BCUT2D eigenvalue weighted by molar-refractivity contribution is 5.92. The van der Waals surface area contributed by atoms with Crippen LogP contribution in [-0.4, -0.2) is 24.0 Å². The van der Waals surface area contributed by atoms with Gasteiger partial charge in [-0.2, -0.15) is 5.26 Å². The Labute approximate surface area is 112 Å². The minimum atomic E-state index is -0.552.